The van der Waals surface area contributed by atoms with Crippen molar-refractivity contribution < 1.29 is 4.79 Å². The Labute approximate surface area is 110 Å². The van der Waals surface area contributed by atoms with Crippen molar-refractivity contribution in [3.8, 4) is 0 Å². The van der Waals surface area contributed by atoms with Crippen molar-refractivity contribution in [2.24, 2.45) is 5.73 Å². The number of primary amides is 1. The van der Waals surface area contributed by atoms with E-state index >= 15 is 0 Å². The Bertz CT molecular complexity index is 417. The summed E-state index contributed by atoms with van der Waals surface area (Å²) in [5.41, 5.74) is 7.41. The third kappa shape index (κ3) is 3.33. The van der Waals surface area contributed by atoms with Gasteiger partial charge in [0.15, 0.2) is 0 Å². The second kappa shape index (κ2) is 5.11. The molecule has 0 aromatic heterocycles. The first-order valence-electron chi connectivity index (χ1n) is 6.27. The van der Waals surface area contributed by atoms with Gasteiger partial charge in [-0.05, 0) is 30.5 Å². The Morgan fingerprint density at radius 2 is 1.56 bits per heavy atom. The minimum absolute atomic E-state index is 0.137. The van der Waals surface area contributed by atoms with E-state index in [1.807, 2.05) is 14.0 Å². The van der Waals surface area contributed by atoms with E-state index in [0.29, 0.717) is 6.42 Å². The highest BCUT2D eigenvalue weighted by Crippen LogP contribution is 2.28. The number of benzene rings is 1. The van der Waals surface area contributed by atoms with Crippen LogP contribution < -0.4 is 11.1 Å². The Morgan fingerprint density at radius 3 is 1.89 bits per heavy atom. The van der Waals surface area contributed by atoms with Crippen molar-refractivity contribution in [1.29, 1.82) is 0 Å². The molecule has 0 saturated carbocycles. The molecule has 1 unspecified atom stereocenters. The van der Waals surface area contributed by atoms with Gasteiger partial charge in [0, 0.05) is 12.0 Å². The fourth-order valence-corrected chi connectivity index (χ4v) is 2.02. The molecule has 18 heavy (non-hydrogen) atoms. The summed E-state index contributed by atoms with van der Waals surface area (Å²) in [5.74, 6) is -0.299. The molecule has 0 spiro atoms. The fraction of sp³-hybridized carbons (Fsp3) is 0.533. The number of nitrogens with two attached hydrogens (primary N) is 1. The minimum Gasteiger partial charge on any atom is -0.370 e. The van der Waals surface area contributed by atoms with Crippen molar-refractivity contribution in [3.05, 3.63) is 35.4 Å². The molecule has 1 aromatic rings. The van der Waals surface area contributed by atoms with E-state index in [0.717, 1.165) is 5.56 Å². The van der Waals surface area contributed by atoms with Crippen LogP contribution in [0.5, 0.6) is 0 Å². The molecule has 0 saturated heterocycles. The molecule has 0 bridgehead atoms. The van der Waals surface area contributed by atoms with Crippen LogP contribution in [0.4, 0.5) is 0 Å². The van der Waals surface area contributed by atoms with Gasteiger partial charge in [-0.1, -0.05) is 45.0 Å². The first-order valence-corrected chi connectivity index (χ1v) is 6.27. The van der Waals surface area contributed by atoms with E-state index in [4.69, 9.17) is 5.73 Å². The lowest BCUT2D eigenvalue weighted by Crippen LogP contribution is -2.40. The molecule has 0 aliphatic rings. The monoisotopic (exact) mass is 248 g/mol. The number of nitrogens with one attached hydrogen (secondary N) is 1. The SMILES string of the molecule is CNC(C)(CC(N)=O)c1ccc(C(C)(C)C)cc1. The fourth-order valence-electron chi connectivity index (χ4n) is 2.02. The van der Waals surface area contributed by atoms with Crippen LogP contribution in [-0.4, -0.2) is 13.0 Å². The maximum Gasteiger partial charge on any atom is 0.219 e. The molecule has 0 heterocycles. The predicted octanol–water partition coefficient (Wildman–Crippen LogP) is 2.29. The Kier molecular flexibility index (Phi) is 4.17. The molecule has 100 valence electrons. The molecule has 0 radical (unpaired) electrons. The van der Waals surface area contributed by atoms with Gasteiger partial charge in [-0.25, -0.2) is 0 Å². The van der Waals surface area contributed by atoms with Gasteiger partial charge in [-0.3, -0.25) is 4.79 Å². The highest BCUT2D eigenvalue weighted by atomic mass is 16.1. The Hall–Kier alpha value is -1.35. The van der Waals surface area contributed by atoms with Crippen LogP contribution in [0.2, 0.25) is 0 Å². The van der Waals surface area contributed by atoms with Gasteiger partial charge in [0.1, 0.15) is 0 Å². The number of hydrogen-bond acceptors (Lipinski definition) is 2. The van der Waals surface area contributed by atoms with Crippen molar-refractivity contribution in [2.45, 2.75) is 45.1 Å². The van der Waals surface area contributed by atoms with Crippen LogP contribution in [0.15, 0.2) is 24.3 Å². The molecule has 0 aliphatic heterocycles. The summed E-state index contributed by atoms with van der Waals surface area (Å²) < 4.78 is 0. The summed E-state index contributed by atoms with van der Waals surface area (Å²) in [6.45, 7) is 8.54. The average molecular weight is 248 g/mol. The highest BCUT2D eigenvalue weighted by molar-refractivity contribution is 5.75. The number of carbonyl (C=O) groups excluding carboxylic acids is 1. The maximum atomic E-state index is 11.2. The van der Waals surface area contributed by atoms with Crippen LogP contribution in [-0.2, 0) is 15.7 Å². The first-order chi connectivity index (χ1) is 8.19. The third-order valence-corrected chi connectivity index (χ3v) is 3.47. The standard InChI is InChI=1S/C15H24N2O/c1-14(2,3)11-6-8-12(9-7-11)15(4,17-5)10-13(16)18/h6-9,17H,10H2,1-5H3,(H2,16,18). The van der Waals surface area contributed by atoms with Gasteiger partial charge in [-0.2, -0.15) is 0 Å². The van der Waals surface area contributed by atoms with Crippen LogP contribution in [0.1, 0.15) is 45.2 Å². The van der Waals surface area contributed by atoms with E-state index in [9.17, 15) is 4.79 Å². The molecule has 1 rings (SSSR count). The van der Waals surface area contributed by atoms with Crippen LogP contribution in [0, 0.1) is 0 Å². The predicted molar refractivity (Wildman–Crippen MR) is 75.4 cm³/mol. The van der Waals surface area contributed by atoms with E-state index in [1.54, 1.807) is 0 Å². The van der Waals surface area contributed by atoms with Gasteiger partial charge in [0.2, 0.25) is 5.91 Å². The van der Waals surface area contributed by atoms with Crippen molar-refractivity contribution in [1.82, 2.24) is 5.32 Å². The van der Waals surface area contributed by atoms with E-state index in [1.165, 1.54) is 5.56 Å². The van der Waals surface area contributed by atoms with Crippen LogP contribution in [0.25, 0.3) is 0 Å². The quantitative estimate of drug-likeness (QED) is 0.859. The smallest absolute Gasteiger partial charge is 0.219 e. The minimum atomic E-state index is -0.401. The molecule has 3 N–H and O–H groups in total. The molecule has 1 amide bonds. The zero-order valence-corrected chi connectivity index (χ0v) is 12.0. The number of amides is 1. The summed E-state index contributed by atoms with van der Waals surface area (Å²) in [5, 5.41) is 3.18. The largest absolute Gasteiger partial charge is 0.370 e. The second-order valence-corrected chi connectivity index (χ2v) is 6.05. The van der Waals surface area contributed by atoms with Crippen molar-refractivity contribution in [2.75, 3.05) is 7.05 Å². The molecule has 1 atom stereocenters. The lowest BCUT2D eigenvalue weighted by molar-refractivity contribution is -0.119. The number of hydrogen-bond donors (Lipinski definition) is 2. The number of carbonyl (C=O) groups is 1. The lowest BCUT2D eigenvalue weighted by Gasteiger charge is -2.29. The lowest BCUT2D eigenvalue weighted by atomic mass is 9.83. The number of rotatable bonds is 4. The third-order valence-electron chi connectivity index (χ3n) is 3.47. The molecule has 0 fully saturated rings. The van der Waals surface area contributed by atoms with Gasteiger partial charge < -0.3 is 11.1 Å². The molecular weight excluding hydrogens is 224 g/mol. The maximum absolute atomic E-state index is 11.2. The van der Waals surface area contributed by atoms with Crippen LogP contribution in [0.3, 0.4) is 0 Å². The average Bonchev–Trinajstić information content (AvgIpc) is 2.27. The van der Waals surface area contributed by atoms with E-state index < -0.39 is 5.54 Å². The highest BCUT2D eigenvalue weighted by Gasteiger charge is 2.27. The summed E-state index contributed by atoms with van der Waals surface area (Å²) in [6.07, 6.45) is 0.290. The molecule has 3 heteroatoms. The summed E-state index contributed by atoms with van der Waals surface area (Å²) in [4.78, 5) is 11.2. The van der Waals surface area contributed by atoms with E-state index in [2.05, 4.69) is 50.4 Å². The zero-order chi connectivity index (χ0) is 14.0. The zero-order valence-electron chi connectivity index (χ0n) is 12.0. The first kappa shape index (κ1) is 14.7. The Morgan fingerprint density at radius 1 is 1.11 bits per heavy atom. The van der Waals surface area contributed by atoms with Crippen molar-refractivity contribution in [3.63, 3.8) is 0 Å². The summed E-state index contributed by atoms with van der Waals surface area (Å²) in [7, 11) is 1.85. The van der Waals surface area contributed by atoms with Gasteiger partial charge >= 0.3 is 0 Å². The Balaban J connectivity index is 3.06. The van der Waals surface area contributed by atoms with Crippen LogP contribution >= 0.6 is 0 Å². The second-order valence-electron chi connectivity index (χ2n) is 6.05. The topological polar surface area (TPSA) is 55.1 Å². The summed E-state index contributed by atoms with van der Waals surface area (Å²) >= 11 is 0. The molecule has 0 aliphatic carbocycles. The van der Waals surface area contributed by atoms with Gasteiger partial charge in [-0.15, -0.1) is 0 Å². The van der Waals surface area contributed by atoms with Gasteiger partial charge in [0.25, 0.3) is 0 Å². The molecule has 3 nitrogen and oxygen atoms in total. The summed E-state index contributed by atoms with van der Waals surface area (Å²) in [6, 6.07) is 8.37. The van der Waals surface area contributed by atoms with Gasteiger partial charge in [0.05, 0.1) is 0 Å². The molecular formula is C15H24N2O. The van der Waals surface area contributed by atoms with Crippen molar-refractivity contribution >= 4 is 5.91 Å². The molecule has 1 aromatic carbocycles. The van der Waals surface area contributed by atoms with E-state index in [-0.39, 0.29) is 11.3 Å². The normalized spacial score (nSPS) is 15.2.